The Morgan fingerprint density at radius 1 is 1.37 bits per heavy atom. The Morgan fingerprint density at radius 3 is 2.90 bits per heavy atom. The molecule has 0 saturated carbocycles. The Morgan fingerprint density at radius 2 is 2.17 bits per heavy atom. The van der Waals surface area contributed by atoms with E-state index in [4.69, 9.17) is 16.2 Å². The molecule has 41 heavy (non-hydrogen) atoms. The van der Waals surface area contributed by atoms with Gasteiger partial charge in [-0.3, -0.25) is 14.7 Å². The van der Waals surface area contributed by atoms with Gasteiger partial charge in [-0.05, 0) is 31.1 Å². The maximum absolute atomic E-state index is 12.9. The van der Waals surface area contributed by atoms with Gasteiger partial charge in [0.1, 0.15) is 0 Å². The number of aliphatic imine (C=N–C) groups is 1. The molecule has 11 heteroatoms. The molecule has 220 valence electrons. The van der Waals surface area contributed by atoms with E-state index in [1.807, 2.05) is 29.9 Å². The summed E-state index contributed by atoms with van der Waals surface area (Å²) in [5.74, 6) is -0.114. The summed E-state index contributed by atoms with van der Waals surface area (Å²) in [4.78, 5) is 19.5. The lowest BCUT2D eigenvalue weighted by Crippen LogP contribution is -2.42. The average molecular weight is 562 g/mol. The SMILES string of the molecule is C=C(NC1=CC(C(=O)NCCN2CCOCC2)=CNC1C)c1cnn2cc(/C(C=NCCN)=C/N)cc2c1CCC. The molecule has 7 N–H and O–H groups in total. The molecule has 2 aromatic rings. The second kappa shape index (κ2) is 14.6. The number of fused-ring (bicyclic) bond motifs is 1. The first-order chi connectivity index (χ1) is 19.9. The van der Waals surface area contributed by atoms with E-state index in [0.717, 1.165) is 84.9 Å². The fraction of sp³-hybridized carbons (Fsp3) is 0.433. The van der Waals surface area contributed by atoms with Crippen molar-refractivity contribution in [2.75, 3.05) is 52.5 Å². The van der Waals surface area contributed by atoms with Crippen molar-refractivity contribution >= 4 is 28.9 Å². The lowest BCUT2D eigenvalue weighted by Gasteiger charge is -2.27. The van der Waals surface area contributed by atoms with Crippen molar-refractivity contribution in [3.8, 4) is 0 Å². The number of carbonyl (C=O) groups excluding carboxylic acids is 1. The number of aromatic nitrogens is 2. The number of morpholine rings is 1. The molecular formula is C30H43N9O2. The van der Waals surface area contributed by atoms with Crippen molar-refractivity contribution in [2.24, 2.45) is 16.5 Å². The lowest BCUT2D eigenvalue weighted by molar-refractivity contribution is -0.117. The van der Waals surface area contributed by atoms with Gasteiger partial charge in [0.05, 0.1) is 43.1 Å². The van der Waals surface area contributed by atoms with E-state index in [0.29, 0.717) is 25.2 Å². The van der Waals surface area contributed by atoms with Crippen molar-refractivity contribution in [2.45, 2.75) is 32.7 Å². The number of allylic oxidation sites excluding steroid dienone is 1. The van der Waals surface area contributed by atoms with Gasteiger partial charge in [0.25, 0.3) is 5.91 Å². The maximum Gasteiger partial charge on any atom is 0.252 e. The van der Waals surface area contributed by atoms with Crippen molar-refractivity contribution in [1.82, 2.24) is 30.5 Å². The summed E-state index contributed by atoms with van der Waals surface area (Å²) in [5, 5.41) is 14.5. The van der Waals surface area contributed by atoms with Crippen LogP contribution in [0.4, 0.5) is 0 Å². The average Bonchev–Trinajstić information content (AvgIpc) is 3.42. The summed E-state index contributed by atoms with van der Waals surface area (Å²) in [5.41, 5.74) is 18.4. The van der Waals surface area contributed by atoms with Crippen LogP contribution in [0.15, 0.2) is 59.8 Å². The molecule has 1 fully saturated rings. The van der Waals surface area contributed by atoms with Gasteiger partial charge in [0.15, 0.2) is 0 Å². The van der Waals surface area contributed by atoms with Gasteiger partial charge in [-0.1, -0.05) is 19.9 Å². The molecule has 0 aromatic carbocycles. The quantitative estimate of drug-likeness (QED) is 0.231. The Bertz CT molecular complexity index is 1350. The second-order valence-electron chi connectivity index (χ2n) is 10.2. The number of amides is 1. The molecule has 1 saturated heterocycles. The number of nitrogens with two attached hydrogens (primary N) is 2. The van der Waals surface area contributed by atoms with E-state index in [1.165, 1.54) is 0 Å². The first kappa shape index (κ1) is 30.0. The summed E-state index contributed by atoms with van der Waals surface area (Å²) in [6.45, 7) is 14.2. The molecule has 2 aliphatic rings. The molecule has 0 spiro atoms. The van der Waals surface area contributed by atoms with Crippen molar-refractivity contribution in [3.05, 3.63) is 71.5 Å². The Labute approximate surface area is 242 Å². The van der Waals surface area contributed by atoms with Crippen molar-refractivity contribution in [1.29, 1.82) is 0 Å². The van der Waals surface area contributed by atoms with Crippen LogP contribution in [0.2, 0.25) is 0 Å². The first-order valence-electron chi connectivity index (χ1n) is 14.3. The highest BCUT2D eigenvalue weighted by atomic mass is 16.5. The van der Waals surface area contributed by atoms with E-state index >= 15 is 0 Å². The topological polar surface area (TPSA) is 147 Å². The van der Waals surface area contributed by atoms with Crippen LogP contribution < -0.4 is 27.4 Å². The molecule has 1 amide bonds. The fourth-order valence-corrected chi connectivity index (χ4v) is 4.90. The van der Waals surface area contributed by atoms with E-state index in [2.05, 4.69) is 50.5 Å². The molecule has 4 rings (SSSR count). The molecule has 0 radical (unpaired) electrons. The number of nitrogens with one attached hydrogen (secondary N) is 3. The third-order valence-corrected chi connectivity index (χ3v) is 7.21. The van der Waals surface area contributed by atoms with Crippen LogP contribution >= 0.6 is 0 Å². The highest BCUT2D eigenvalue weighted by molar-refractivity contribution is 6.10. The number of carbonyl (C=O) groups is 1. The third-order valence-electron chi connectivity index (χ3n) is 7.21. The highest BCUT2D eigenvalue weighted by Crippen LogP contribution is 2.26. The summed E-state index contributed by atoms with van der Waals surface area (Å²) in [6, 6.07) is 2.06. The van der Waals surface area contributed by atoms with Gasteiger partial charge in [-0.15, -0.1) is 0 Å². The van der Waals surface area contributed by atoms with Crippen LogP contribution in [0.1, 0.15) is 37.0 Å². The largest absolute Gasteiger partial charge is 0.404 e. The summed E-state index contributed by atoms with van der Waals surface area (Å²) < 4.78 is 7.26. The van der Waals surface area contributed by atoms with Gasteiger partial charge in [0, 0.05) is 85.6 Å². The maximum atomic E-state index is 12.9. The van der Waals surface area contributed by atoms with E-state index < -0.39 is 0 Å². The third kappa shape index (κ3) is 7.63. The zero-order valence-corrected chi connectivity index (χ0v) is 24.2. The molecule has 11 nitrogen and oxygen atoms in total. The Hall–Kier alpha value is -3.93. The Balaban J connectivity index is 1.49. The molecule has 0 aliphatic carbocycles. The molecule has 1 atom stereocenters. The minimum atomic E-state index is -0.114. The number of ether oxygens (including phenoxy) is 1. The van der Waals surface area contributed by atoms with Crippen LogP contribution in [0, 0.1) is 0 Å². The van der Waals surface area contributed by atoms with Crippen molar-refractivity contribution in [3.63, 3.8) is 0 Å². The van der Waals surface area contributed by atoms with E-state index in [1.54, 1.807) is 18.6 Å². The monoisotopic (exact) mass is 561 g/mol. The summed E-state index contributed by atoms with van der Waals surface area (Å²) in [7, 11) is 0. The molecular weight excluding hydrogens is 518 g/mol. The van der Waals surface area contributed by atoms with Gasteiger partial charge < -0.3 is 32.2 Å². The van der Waals surface area contributed by atoms with Crippen LogP contribution in [0.3, 0.4) is 0 Å². The summed E-state index contributed by atoms with van der Waals surface area (Å²) in [6.07, 6.45) is 12.5. The van der Waals surface area contributed by atoms with Gasteiger partial charge in [0.2, 0.25) is 0 Å². The predicted molar refractivity (Wildman–Crippen MR) is 165 cm³/mol. The molecule has 4 heterocycles. The van der Waals surface area contributed by atoms with E-state index in [9.17, 15) is 4.79 Å². The van der Waals surface area contributed by atoms with Crippen LogP contribution in [-0.4, -0.2) is 85.2 Å². The molecule has 2 aliphatic heterocycles. The van der Waals surface area contributed by atoms with Crippen molar-refractivity contribution < 1.29 is 9.53 Å². The highest BCUT2D eigenvalue weighted by Gasteiger charge is 2.20. The zero-order valence-electron chi connectivity index (χ0n) is 24.2. The number of hydrogen-bond donors (Lipinski definition) is 5. The number of hydrogen-bond acceptors (Lipinski definition) is 9. The zero-order chi connectivity index (χ0) is 29.2. The van der Waals surface area contributed by atoms with Gasteiger partial charge >= 0.3 is 0 Å². The van der Waals surface area contributed by atoms with Crippen LogP contribution in [0.25, 0.3) is 16.8 Å². The number of nitrogens with zero attached hydrogens (tertiary/aromatic N) is 4. The van der Waals surface area contributed by atoms with E-state index in [-0.39, 0.29) is 11.9 Å². The second-order valence-corrected chi connectivity index (χ2v) is 10.2. The minimum Gasteiger partial charge on any atom is -0.404 e. The van der Waals surface area contributed by atoms with Gasteiger partial charge in [-0.2, -0.15) is 5.10 Å². The van der Waals surface area contributed by atoms with Crippen LogP contribution in [-0.2, 0) is 16.0 Å². The summed E-state index contributed by atoms with van der Waals surface area (Å²) >= 11 is 0. The lowest BCUT2D eigenvalue weighted by atomic mass is 10.0. The van der Waals surface area contributed by atoms with Crippen LogP contribution in [0.5, 0.6) is 0 Å². The number of aryl methyl sites for hydroxylation is 1. The normalized spacial score (nSPS) is 18.2. The first-order valence-corrected chi connectivity index (χ1v) is 14.3. The number of rotatable bonds is 13. The predicted octanol–water partition coefficient (Wildman–Crippen LogP) is 1.38. The smallest absolute Gasteiger partial charge is 0.252 e. The fourth-order valence-electron chi connectivity index (χ4n) is 4.90. The van der Waals surface area contributed by atoms with Gasteiger partial charge in [-0.25, -0.2) is 4.52 Å². The Kier molecular flexibility index (Phi) is 10.7. The molecule has 2 aromatic heterocycles. The molecule has 1 unspecified atom stereocenters. The minimum absolute atomic E-state index is 0.0204. The standard InChI is InChI=1S/C30H43N9O2/c1-4-5-26-27(19-36-39-20-24(15-29(26)39)25(16-32)17-33-7-6-31)21(2)37-28-14-23(18-35-22(28)3)30(40)34-8-9-38-10-12-41-13-11-38/h14-20,22,35,37H,2,4-13,31-32H2,1,3H3,(H,34,40)/b25-16+,33-17?. The number of dihydropyridines is 1. The molecule has 0 bridgehead atoms.